The van der Waals surface area contributed by atoms with Crippen molar-refractivity contribution in [1.29, 1.82) is 0 Å². The zero-order valence-electron chi connectivity index (χ0n) is 10.4. The van der Waals surface area contributed by atoms with Crippen LogP contribution in [0.15, 0.2) is 12.7 Å². The molecule has 0 saturated heterocycles. The van der Waals surface area contributed by atoms with Crippen molar-refractivity contribution in [3.8, 4) is 0 Å². The molecule has 0 rings (SSSR count). The van der Waals surface area contributed by atoms with Gasteiger partial charge in [-0.15, -0.1) is 0 Å². The van der Waals surface area contributed by atoms with Crippen LogP contribution in [0.4, 0.5) is 0 Å². The normalized spacial score (nSPS) is 11.6. The Kier molecular flexibility index (Phi) is 9.11. The number of ether oxygens (including phenoxy) is 2. The van der Waals surface area contributed by atoms with Crippen LogP contribution in [-0.2, 0) is 19.1 Å². The number of unbranched alkanes of at least 4 members (excludes halogenated alkanes) is 2. The summed E-state index contributed by atoms with van der Waals surface area (Å²) < 4.78 is 9.73. The van der Waals surface area contributed by atoms with Crippen LogP contribution in [-0.4, -0.2) is 25.2 Å². The van der Waals surface area contributed by atoms with E-state index in [0.717, 1.165) is 19.3 Å². The topological polar surface area (TPSA) is 52.6 Å². The van der Waals surface area contributed by atoms with E-state index in [0.29, 0.717) is 6.61 Å². The first-order valence-electron chi connectivity index (χ1n) is 5.88. The lowest BCUT2D eigenvalue weighted by Gasteiger charge is -2.10. The Morgan fingerprint density at radius 1 is 1.29 bits per heavy atom. The average molecular weight is 241 g/mol. The van der Waals surface area contributed by atoms with E-state index in [1.807, 2.05) is 0 Å². The highest BCUT2D eigenvalue weighted by atomic mass is 16.5. The fraction of sp³-hybridized carbons (Fsp3) is 0.615. The molecule has 0 heterocycles. The summed E-state index contributed by atoms with van der Waals surface area (Å²) >= 11 is 0. The summed E-state index contributed by atoms with van der Waals surface area (Å²) in [6.07, 6.45) is 4.35. The Morgan fingerprint density at radius 3 is 2.59 bits per heavy atom. The number of hydrogen-bond donors (Lipinski definition) is 0. The van der Waals surface area contributed by atoms with Gasteiger partial charge in [0.25, 0.3) is 0 Å². The molecule has 1 unspecified atom stereocenters. The second-order valence-electron chi connectivity index (χ2n) is 3.75. The van der Waals surface area contributed by atoms with Gasteiger partial charge < -0.3 is 9.47 Å². The highest BCUT2D eigenvalue weighted by molar-refractivity contribution is 5.80. The van der Waals surface area contributed by atoms with Gasteiger partial charge in [0.05, 0.1) is 18.9 Å². The molecule has 0 amide bonds. The predicted molar refractivity (Wildman–Crippen MR) is 65.1 cm³/mol. The van der Waals surface area contributed by atoms with E-state index >= 15 is 0 Å². The van der Waals surface area contributed by atoms with E-state index in [9.17, 15) is 9.59 Å². The number of esters is 2. The van der Waals surface area contributed by atoms with Gasteiger partial charge in [0.1, 0.15) is 6.61 Å². The molecule has 0 aliphatic rings. The first-order valence-corrected chi connectivity index (χ1v) is 5.88. The fourth-order valence-electron chi connectivity index (χ4n) is 1.14. The van der Waals surface area contributed by atoms with E-state index in [1.54, 1.807) is 0 Å². The standard InChI is InChI=1S/C13H21O4/c1-4-6-7-9-17-13(15)11(3)10-12(14)16-8-5-2/h5,11H,2-4,6-10H2,1H3. The third-order valence-electron chi connectivity index (χ3n) is 2.10. The first kappa shape index (κ1) is 15.7. The van der Waals surface area contributed by atoms with E-state index in [4.69, 9.17) is 9.47 Å². The van der Waals surface area contributed by atoms with Crippen molar-refractivity contribution in [2.24, 2.45) is 5.92 Å². The summed E-state index contributed by atoms with van der Waals surface area (Å²) in [7, 11) is 0. The quantitative estimate of drug-likeness (QED) is 0.353. The van der Waals surface area contributed by atoms with Crippen molar-refractivity contribution < 1.29 is 19.1 Å². The summed E-state index contributed by atoms with van der Waals surface area (Å²) in [4.78, 5) is 22.6. The van der Waals surface area contributed by atoms with Crippen molar-refractivity contribution >= 4 is 11.9 Å². The number of rotatable bonds is 9. The fourth-order valence-corrected chi connectivity index (χ4v) is 1.14. The molecule has 17 heavy (non-hydrogen) atoms. The zero-order chi connectivity index (χ0) is 13.1. The molecule has 0 saturated carbocycles. The Balaban J connectivity index is 3.72. The van der Waals surface area contributed by atoms with Gasteiger partial charge in [-0.25, -0.2) is 0 Å². The highest BCUT2D eigenvalue weighted by Crippen LogP contribution is 2.06. The van der Waals surface area contributed by atoms with Crippen LogP contribution in [0.2, 0.25) is 0 Å². The van der Waals surface area contributed by atoms with Crippen molar-refractivity contribution in [1.82, 2.24) is 0 Å². The van der Waals surface area contributed by atoms with E-state index < -0.39 is 17.9 Å². The van der Waals surface area contributed by atoms with Gasteiger partial charge in [-0.2, -0.15) is 0 Å². The maximum absolute atomic E-state index is 11.4. The third kappa shape index (κ3) is 8.48. The minimum atomic E-state index is -0.700. The van der Waals surface area contributed by atoms with Gasteiger partial charge in [-0.05, 0) is 13.3 Å². The molecule has 0 aliphatic heterocycles. The zero-order valence-corrected chi connectivity index (χ0v) is 10.4. The maximum atomic E-state index is 11.4. The molecule has 0 bridgehead atoms. The molecule has 1 atom stereocenters. The monoisotopic (exact) mass is 241 g/mol. The lowest BCUT2D eigenvalue weighted by Crippen LogP contribution is -2.20. The molecule has 0 aromatic heterocycles. The summed E-state index contributed by atoms with van der Waals surface area (Å²) in [6.45, 7) is 9.61. The molecular weight excluding hydrogens is 220 g/mol. The molecule has 4 nitrogen and oxygen atoms in total. The second kappa shape index (κ2) is 9.87. The number of hydrogen-bond acceptors (Lipinski definition) is 4. The molecule has 0 aromatic rings. The van der Waals surface area contributed by atoms with Crippen LogP contribution in [0.1, 0.15) is 32.6 Å². The summed E-state index contributed by atoms with van der Waals surface area (Å²) in [6, 6.07) is 0. The Labute approximate surface area is 103 Å². The van der Waals surface area contributed by atoms with E-state index in [-0.39, 0.29) is 13.0 Å². The average Bonchev–Trinajstić information content (AvgIpc) is 2.31. The second-order valence-corrected chi connectivity index (χ2v) is 3.75. The Bertz CT molecular complexity index is 248. The van der Waals surface area contributed by atoms with Gasteiger partial charge >= 0.3 is 11.9 Å². The number of carbonyl (C=O) groups is 2. The summed E-state index contributed by atoms with van der Waals surface area (Å²) in [5, 5.41) is 0. The lowest BCUT2D eigenvalue weighted by molar-refractivity contribution is -0.153. The van der Waals surface area contributed by atoms with Gasteiger partial charge in [0, 0.05) is 0 Å². The lowest BCUT2D eigenvalue weighted by atomic mass is 10.1. The largest absolute Gasteiger partial charge is 0.465 e. The van der Waals surface area contributed by atoms with Crippen molar-refractivity contribution in [2.75, 3.05) is 13.2 Å². The summed E-state index contributed by atoms with van der Waals surface area (Å²) in [5.74, 6) is -1.61. The molecule has 0 fully saturated rings. The van der Waals surface area contributed by atoms with E-state index in [2.05, 4.69) is 20.4 Å². The van der Waals surface area contributed by atoms with Crippen LogP contribution < -0.4 is 0 Å². The van der Waals surface area contributed by atoms with Gasteiger partial charge in [0.15, 0.2) is 0 Å². The maximum Gasteiger partial charge on any atom is 0.309 e. The van der Waals surface area contributed by atoms with E-state index in [1.165, 1.54) is 6.08 Å². The Morgan fingerprint density at radius 2 is 2.00 bits per heavy atom. The van der Waals surface area contributed by atoms with Gasteiger partial charge in [-0.3, -0.25) is 9.59 Å². The molecule has 0 aliphatic carbocycles. The van der Waals surface area contributed by atoms with Crippen LogP contribution in [0.25, 0.3) is 0 Å². The SMILES string of the molecule is [CH2]C(CC(=O)OCC=C)C(=O)OCCCCC. The van der Waals surface area contributed by atoms with Crippen molar-refractivity contribution in [2.45, 2.75) is 32.6 Å². The smallest absolute Gasteiger partial charge is 0.309 e. The predicted octanol–water partition coefficient (Wildman–Crippen LogP) is 2.29. The minimum absolute atomic E-state index is 0.0551. The molecule has 0 aromatic carbocycles. The molecule has 1 radical (unpaired) electrons. The molecule has 4 heteroatoms. The van der Waals surface area contributed by atoms with Crippen LogP contribution in [0.5, 0.6) is 0 Å². The third-order valence-corrected chi connectivity index (χ3v) is 2.10. The summed E-state index contributed by atoms with van der Waals surface area (Å²) in [5.41, 5.74) is 0. The highest BCUT2D eigenvalue weighted by Gasteiger charge is 2.19. The Hall–Kier alpha value is -1.32. The van der Waals surface area contributed by atoms with Crippen molar-refractivity contribution in [3.05, 3.63) is 19.6 Å². The van der Waals surface area contributed by atoms with Gasteiger partial charge in [-0.1, -0.05) is 32.4 Å². The number of carbonyl (C=O) groups excluding carboxylic acids is 2. The van der Waals surface area contributed by atoms with Crippen LogP contribution in [0, 0.1) is 12.8 Å². The van der Waals surface area contributed by atoms with Gasteiger partial charge in [0.2, 0.25) is 0 Å². The molecule has 97 valence electrons. The van der Waals surface area contributed by atoms with Crippen molar-refractivity contribution in [3.63, 3.8) is 0 Å². The molecule has 0 spiro atoms. The van der Waals surface area contributed by atoms with Crippen LogP contribution >= 0.6 is 0 Å². The first-order chi connectivity index (χ1) is 8.11. The molecular formula is C13H21O4. The van der Waals surface area contributed by atoms with Crippen LogP contribution in [0.3, 0.4) is 0 Å². The minimum Gasteiger partial charge on any atom is -0.465 e. The molecule has 0 N–H and O–H groups in total.